The van der Waals surface area contributed by atoms with E-state index in [0.717, 1.165) is 5.76 Å². The number of amides is 1. The predicted molar refractivity (Wildman–Crippen MR) is 63.2 cm³/mol. The normalized spacial score (nSPS) is 13.5. The Hall–Kier alpha value is -1.29. The number of carbonyl (C=O) groups excluding carboxylic acids is 1. The van der Waals surface area contributed by atoms with E-state index >= 15 is 0 Å². The van der Waals surface area contributed by atoms with Crippen molar-refractivity contribution in [2.24, 2.45) is 0 Å². The van der Waals surface area contributed by atoms with Gasteiger partial charge in [-0.05, 0) is 40.0 Å². The molecule has 1 unspecified atom stereocenters. The molecule has 4 nitrogen and oxygen atoms in total. The molecule has 1 rings (SSSR count). The van der Waals surface area contributed by atoms with Gasteiger partial charge in [0, 0.05) is 12.5 Å². The molecule has 16 heavy (non-hydrogen) atoms. The van der Waals surface area contributed by atoms with E-state index in [0.29, 0.717) is 6.42 Å². The van der Waals surface area contributed by atoms with Crippen LogP contribution in [-0.2, 0) is 11.2 Å². The van der Waals surface area contributed by atoms with E-state index in [2.05, 4.69) is 10.6 Å². The molecule has 0 fully saturated rings. The zero-order chi connectivity index (χ0) is 12.2. The Bertz CT molecular complexity index is 331. The first kappa shape index (κ1) is 12.8. The highest BCUT2D eigenvalue weighted by Gasteiger charge is 2.26. The molecule has 1 atom stereocenters. The van der Waals surface area contributed by atoms with Crippen LogP contribution < -0.4 is 10.6 Å². The van der Waals surface area contributed by atoms with Crippen LogP contribution in [0.4, 0.5) is 0 Å². The smallest absolute Gasteiger partial charge is 0.239 e. The molecule has 0 aliphatic heterocycles. The lowest BCUT2D eigenvalue weighted by molar-refractivity contribution is -0.126. The largest absolute Gasteiger partial charge is 0.469 e. The zero-order valence-electron chi connectivity index (χ0n) is 10.3. The fraction of sp³-hybridized carbons (Fsp3) is 0.583. The summed E-state index contributed by atoms with van der Waals surface area (Å²) in [4.78, 5) is 11.8. The maximum atomic E-state index is 11.8. The van der Waals surface area contributed by atoms with Crippen LogP contribution in [0.3, 0.4) is 0 Å². The zero-order valence-corrected chi connectivity index (χ0v) is 10.3. The highest BCUT2D eigenvalue weighted by atomic mass is 16.3. The van der Waals surface area contributed by atoms with Gasteiger partial charge in [-0.3, -0.25) is 4.79 Å². The van der Waals surface area contributed by atoms with Gasteiger partial charge >= 0.3 is 0 Å². The van der Waals surface area contributed by atoms with Crippen LogP contribution in [0.2, 0.25) is 0 Å². The fourth-order valence-corrected chi connectivity index (χ4v) is 1.30. The lowest BCUT2D eigenvalue weighted by atomic mass is 10.0. The summed E-state index contributed by atoms with van der Waals surface area (Å²) >= 11 is 0. The van der Waals surface area contributed by atoms with Crippen molar-refractivity contribution in [1.29, 1.82) is 0 Å². The molecule has 0 radical (unpaired) electrons. The third-order valence-corrected chi connectivity index (χ3v) is 2.66. The lowest BCUT2D eigenvalue weighted by Gasteiger charge is -2.25. The van der Waals surface area contributed by atoms with Crippen LogP contribution in [0.15, 0.2) is 22.8 Å². The maximum Gasteiger partial charge on any atom is 0.239 e. The van der Waals surface area contributed by atoms with Gasteiger partial charge in [0.15, 0.2) is 0 Å². The van der Waals surface area contributed by atoms with Gasteiger partial charge in [-0.15, -0.1) is 0 Å². The molecule has 90 valence electrons. The molecule has 1 aromatic heterocycles. The molecule has 1 heterocycles. The van der Waals surface area contributed by atoms with Crippen LogP contribution in [0, 0.1) is 0 Å². The first-order valence-corrected chi connectivity index (χ1v) is 5.48. The van der Waals surface area contributed by atoms with Crippen LogP contribution in [0.1, 0.15) is 26.5 Å². The maximum absolute atomic E-state index is 11.8. The van der Waals surface area contributed by atoms with Crippen molar-refractivity contribution in [3.8, 4) is 0 Å². The fourth-order valence-electron chi connectivity index (χ4n) is 1.30. The number of hydrogen-bond donors (Lipinski definition) is 2. The highest BCUT2D eigenvalue weighted by Crippen LogP contribution is 2.06. The average molecular weight is 224 g/mol. The van der Waals surface area contributed by atoms with Crippen molar-refractivity contribution >= 4 is 5.91 Å². The Morgan fingerprint density at radius 2 is 2.25 bits per heavy atom. The van der Waals surface area contributed by atoms with E-state index in [1.807, 2.05) is 32.9 Å². The van der Waals surface area contributed by atoms with Crippen molar-refractivity contribution in [2.75, 3.05) is 7.05 Å². The summed E-state index contributed by atoms with van der Waals surface area (Å²) in [6.45, 7) is 5.66. The number of carbonyl (C=O) groups is 1. The summed E-state index contributed by atoms with van der Waals surface area (Å²) in [7, 11) is 1.77. The Morgan fingerprint density at radius 1 is 1.56 bits per heavy atom. The van der Waals surface area contributed by atoms with Crippen molar-refractivity contribution in [2.45, 2.75) is 38.8 Å². The van der Waals surface area contributed by atoms with Gasteiger partial charge in [0.05, 0.1) is 11.8 Å². The SMILES string of the molecule is CNC(C)(C)C(=O)NC(C)Cc1ccco1. The first-order valence-electron chi connectivity index (χ1n) is 5.48. The lowest BCUT2D eigenvalue weighted by Crippen LogP contribution is -2.53. The molecule has 4 heteroatoms. The molecule has 0 spiro atoms. The van der Waals surface area contributed by atoms with Gasteiger partial charge in [0.2, 0.25) is 5.91 Å². The third kappa shape index (κ3) is 3.38. The van der Waals surface area contributed by atoms with Crippen molar-refractivity contribution in [1.82, 2.24) is 10.6 Å². The van der Waals surface area contributed by atoms with E-state index in [1.165, 1.54) is 0 Å². The van der Waals surface area contributed by atoms with Gasteiger partial charge in [-0.2, -0.15) is 0 Å². The minimum Gasteiger partial charge on any atom is -0.469 e. The van der Waals surface area contributed by atoms with Crippen LogP contribution >= 0.6 is 0 Å². The van der Waals surface area contributed by atoms with E-state index in [4.69, 9.17) is 4.42 Å². The van der Waals surface area contributed by atoms with E-state index in [1.54, 1.807) is 13.3 Å². The minimum absolute atomic E-state index is 0.00550. The number of rotatable bonds is 5. The van der Waals surface area contributed by atoms with Gasteiger partial charge in [0.1, 0.15) is 5.76 Å². The quantitative estimate of drug-likeness (QED) is 0.793. The van der Waals surface area contributed by atoms with Crippen LogP contribution in [0.5, 0.6) is 0 Å². The molecule has 0 aliphatic rings. The monoisotopic (exact) mass is 224 g/mol. The van der Waals surface area contributed by atoms with Gasteiger partial charge in [-0.1, -0.05) is 0 Å². The summed E-state index contributed by atoms with van der Waals surface area (Å²) in [5.41, 5.74) is -0.544. The third-order valence-electron chi connectivity index (χ3n) is 2.66. The van der Waals surface area contributed by atoms with E-state index in [-0.39, 0.29) is 11.9 Å². The Morgan fingerprint density at radius 3 is 2.75 bits per heavy atom. The summed E-state index contributed by atoms with van der Waals surface area (Å²) in [5, 5.41) is 5.92. The van der Waals surface area contributed by atoms with Crippen LogP contribution in [0.25, 0.3) is 0 Å². The molecule has 1 aromatic rings. The average Bonchev–Trinajstić information content (AvgIpc) is 2.70. The van der Waals surface area contributed by atoms with E-state index < -0.39 is 5.54 Å². The molecule has 0 saturated heterocycles. The minimum atomic E-state index is -0.544. The Labute approximate surface area is 96.4 Å². The summed E-state index contributed by atoms with van der Waals surface area (Å²) in [6, 6.07) is 3.82. The summed E-state index contributed by atoms with van der Waals surface area (Å²) in [6.07, 6.45) is 2.35. The van der Waals surface area contributed by atoms with Crippen LogP contribution in [-0.4, -0.2) is 24.5 Å². The Balaban J connectivity index is 2.46. The second-order valence-corrected chi connectivity index (χ2v) is 4.53. The molecule has 0 bridgehead atoms. The van der Waals surface area contributed by atoms with Crippen molar-refractivity contribution in [3.63, 3.8) is 0 Å². The topological polar surface area (TPSA) is 54.3 Å². The molecule has 2 N–H and O–H groups in total. The molecule has 0 aromatic carbocycles. The van der Waals surface area contributed by atoms with Gasteiger partial charge < -0.3 is 15.1 Å². The number of nitrogens with one attached hydrogen (secondary N) is 2. The number of hydrogen-bond acceptors (Lipinski definition) is 3. The van der Waals surface area contributed by atoms with Gasteiger partial charge in [-0.25, -0.2) is 0 Å². The second kappa shape index (κ2) is 5.16. The molecular formula is C12H20N2O2. The first-order chi connectivity index (χ1) is 7.45. The molecule has 1 amide bonds. The number of likely N-dealkylation sites (N-methyl/N-ethyl adjacent to an activating group) is 1. The highest BCUT2D eigenvalue weighted by molar-refractivity contribution is 5.85. The summed E-state index contributed by atoms with van der Waals surface area (Å²) in [5.74, 6) is 0.879. The van der Waals surface area contributed by atoms with Gasteiger partial charge in [0.25, 0.3) is 0 Å². The number of furan rings is 1. The van der Waals surface area contributed by atoms with E-state index in [9.17, 15) is 4.79 Å². The second-order valence-electron chi connectivity index (χ2n) is 4.53. The summed E-state index contributed by atoms with van der Waals surface area (Å²) < 4.78 is 5.23. The standard InChI is InChI=1S/C12H20N2O2/c1-9(8-10-6-5-7-16-10)14-11(15)12(2,3)13-4/h5-7,9,13H,8H2,1-4H3,(H,14,15). The molecule has 0 saturated carbocycles. The predicted octanol–water partition coefficient (Wildman–Crippen LogP) is 1.32. The molecular weight excluding hydrogens is 204 g/mol. The van der Waals surface area contributed by atoms with Crippen molar-refractivity contribution in [3.05, 3.63) is 24.2 Å². The van der Waals surface area contributed by atoms with Crippen molar-refractivity contribution < 1.29 is 9.21 Å². The molecule has 0 aliphatic carbocycles. The Kier molecular flexibility index (Phi) is 4.12.